The average Bonchev–Trinajstić information content (AvgIpc) is 3.12. The lowest BCUT2D eigenvalue weighted by atomic mass is 9.99. The first-order valence-corrected chi connectivity index (χ1v) is 10.6. The van der Waals surface area contributed by atoms with Gasteiger partial charge < -0.3 is 19.7 Å². The quantitative estimate of drug-likeness (QED) is 0.377. The minimum Gasteiger partial charge on any atom is -0.366 e. The number of anilines is 1. The molecule has 30 heavy (non-hydrogen) atoms. The number of aliphatic imine (C=N–C) groups is 1. The second-order valence-corrected chi connectivity index (χ2v) is 7.80. The zero-order valence-electron chi connectivity index (χ0n) is 17.7. The van der Waals surface area contributed by atoms with Crippen LogP contribution in [0.2, 0.25) is 0 Å². The number of hydrogen-bond acceptors (Lipinski definition) is 4. The molecule has 2 aliphatic rings. The van der Waals surface area contributed by atoms with Crippen LogP contribution in [0.25, 0.3) is 0 Å². The Kier molecular flexibility index (Phi) is 7.90. The maximum absolute atomic E-state index is 14.1. The van der Waals surface area contributed by atoms with E-state index in [1.165, 1.54) is 6.07 Å². The molecule has 0 bridgehead atoms. The lowest BCUT2D eigenvalue weighted by Gasteiger charge is -2.38. The molecule has 0 amide bonds. The molecule has 1 aromatic carbocycles. The highest BCUT2D eigenvalue weighted by molar-refractivity contribution is 14.0. The fourth-order valence-corrected chi connectivity index (χ4v) is 4.19. The molecule has 7 nitrogen and oxygen atoms in total. The molecule has 0 spiro atoms. The van der Waals surface area contributed by atoms with Crippen LogP contribution in [0.3, 0.4) is 0 Å². The molecule has 1 fully saturated rings. The van der Waals surface area contributed by atoms with Crippen LogP contribution in [0, 0.1) is 18.7 Å². The van der Waals surface area contributed by atoms with Crippen molar-refractivity contribution in [1.29, 1.82) is 0 Å². The van der Waals surface area contributed by atoms with Crippen LogP contribution in [-0.4, -0.2) is 64.9 Å². The van der Waals surface area contributed by atoms with Crippen molar-refractivity contribution < 1.29 is 4.39 Å². The molecule has 3 heterocycles. The van der Waals surface area contributed by atoms with Crippen LogP contribution in [0.4, 0.5) is 10.1 Å². The number of aryl methyl sites for hydroxylation is 2. The van der Waals surface area contributed by atoms with Crippen molar-refractivity contribution in [3.05, 3.63) is 41.7 Å². The van der Waals surface area contributed by atoms with Gasteiger partial charge in [0.15, 0.2) is 5.96 Å². The van der Waals surface area contributed by atoms with Crippen LogP contribution >= 0.6 is 24.0 Å². The molecule has 1 unspecified atom stereocenters. The third kappa shape index (κ3) is 5.04. The summed E-state index contributed by atoms with van der Waals surface area (Å²) in [5.41, 5.74) is 0.691. The van der Waals surface area contributed by atoms with Gasteiger partial charge in [0, 0.05) is 52.2 Å². The highest BCUT2D eigenvalue weighted by Gasteiger charge is 2.24. The normalized spacial score (nSPS) is 19.3. The maximum atomic E-state index is 14.1. The topological polar surface area (TPSA) is 61.6 Å². The summed E-state index contributed by atoms with van der Waals surface area (Å²) in [6.45, 7) is 9.94. The van der Waals surface area contributed by atoms with Gasteiger partial charge in [-0.3, -0.25) is 4.99 Å². The molecule has 1 N–H and O–H groups in total. The maximum Gasteiger partial charge on any atom is 0.194 e. The first kappa shape index (κ1) is 22.8. The number of aromatic nitrogens is 3. The summed E-state index contributed by atoms with van der Waals surface area (Å²) in [6, 6.07) is 7.01. The van der Waals surface area contributed by atoms with E-state index in [4.69, 9.17) is 4.99 Å². The lowest BCUT2D eigenvalue weighted by Crippen LogP contribution is -2.52. The van der Waals surface area contributed by atoms with E-state index in [0.29, 0.717) is 11.6 Å². The predicted octanol–water partition coefficient (Wildman–Crippen LogP) is 2.69. The Bertz CT molecular complexity index is 861. The van der Waals surface area contributed by atoms with E-state index in [2.05, 4.69) is 36.8 Å². The third-order valence-corrected chi connectivity index (χ3v) is 5.84. The van der Waals surface area contributed by atoms with Gasteiger partial charge in [0.25, 0.3) is 0 Å². The largest absolute Gasteiger partial charge is 0.366 e. The van der Waals surface area contributed by atoms with Gasteiger partial charge in [0.1, 0.15) is 17.5 Å². The SMILES string of the molecule is CCNC(=NCC1CCc2nnc(C)n2C1)N1CCN(c2ccccc2F)CC1.I. The van der Waals surface area contributed by atoms with Gasteiger partial charge in [-0.2, -0.15) is 0 Å². The van der Waals surface area contributed by atoms with Crippen molar-refractivity contribution in [1.82, 2.24) is 25.0 Å². The number of nitrogens with one attached hydrogen (secondary N) is 1. The third-order valence-electron chi connectivity index (χ3n) is 5.84. The van der Waals surface area contributed by atoms with Gasteiger partial charge in [0.2, 0.25) is 0 Å². The van der Waals surface area contributed by atoms with E-state index in [1.54, 1.807) is 6.07 Å². The van der Waals surface area contributed by atoms with E-state index in [-0.39, 0.29) is 29.8 Å². The van der Waals surface area contributed by atoms with Crippen LogP contribution < -0.4 is 10.2 Å². The van der Waals surface area contributed by atoms with Gasteiger partial charge in [-0.15, -0.1) is 34.2 Å². The standard InChI is InChI=1S/C21H30FN7.HI/c1-3-23-21(24-14-17-8-9-20-26-25-16(2)29(20)15-17)28-12-10-27(11-13-28)19-7-5-4-6-18(19)22;/h4-7,17H,3,8-15H2,1-2H3,(H,23,24);1H. The van der Waals surface area contributed by atoms with Crippen molar-refractivity contribution >= 4 is 35.6 Å². The fraction of sp³-hybridized carbons (Fsp3) is 0.571. The van der Waals surface area contributed by atoms with Gasteiger partial charge >= 0.3 is 0 Å². The van der Waals surface area contributed by atoms with Crippen LogP contribution in [0.5, 0.6) is 0 Å². The molecule has 9 heteroatoms. The average molecular weight is 527 g/mol. The molecule has 0 saturated carbocycles. The van der Waals surface area contributed by atoms with Gasteiger partial charge in [-0.1, -0.05) is 12.1 Å². The zero-order chi connectivity index (χ0) is 20.2. The molecular formula is C21H31FIN7. The van der Waals surface area contributed by atoms with Crippen molar-refractivity contribution in [3.8, 4) is 0 Å². The van der Waals surface area contributed by atoms with Crippen LogP contribution in [-0.2, 0) is 13.0 Å². The van der Waals surface area contributed by atoms with Crippen LogP contribution in [0.1, 0.15) is 25.0 Å². The van der Waals surface area contributed by atoms with Crippen molar-refractivity contribution in [2.75, 3.05) is 44.2 Å². The number of rotatable bonds is 4. The first-order chi connectivity index (χ1) is 14.2. The number of hydrogen-bond donors (Lipinski definition) is 1. The summed E-state index contributed by atoms with van der Waals surface area (Å²) in [7, 11) is 0. The van der Waals surface area contributed by atoms with Crippen molar-refractivity contribution in [3.63, 3.8) is 0 Å². The second kappa shape index (κ2) is 10.4. The van der Waals surface area contributed by atoms with Gasteiger partial charge in [0.05, 0.1) is 5.69 Å². The van der Waals surface area contributed by atoms with E-state index >= 15 is 0 Å². The number of fused-ring (bicyclic) bond motifs is 1. The zero-order valence-corrected chi connectivity index (χ0v) is 20.1. The number of piperazine rings is 1. The molecule has 1 aromatic heterocycles. The number of benzene rings is 1. The Balaban J connectivity index is 0.00000256. The summed E-state index contributed by atoms with van der Waals surface area (Å²) >= 11 is 0. The number of halogens is 2. The number of para-hydroxylation sites is 1. The summed E-state index contributed by atoms with van der Waals surface area (Å²) in [6.07, 6.45) is 2.07. The Morgan fingerprint density at radius 2 is 1.97 bits per heavy atom. The molecule has 0 radical (unpaired) electrons. The van der Waals surface area contributed by atoms with E-state index < -0.39 is 0 Å². The molecule has 164 valence electrons. The first-order valence-electron chi connectivity index (χ1n) is 10.6. The predicted molar refractivity (Wildman–Crippen MR) is 128 cm³/mol. The molecule has 2 aliphatic heterocycles. The van der Waals surface area contributed by atoms with E-state index in [1.807, 2.05) is 19.1 Å². The molecule has 2 aromatic rings. The summed E-state index contributed by atoms with van der Waals surface area (Å²) in [5, 5.41) is 11.9. The molecule has 4 rings (SSSR count). The van der Waals surface area contributed by atoms with Crippen LogP contribution in [0.15, 0.2) is 29.3 Å². The minimum absolute atomic E-state index is 0. The number of guanidine groups is 1. The van der Waals surface area contributed by atoms with Crippen molar-refractivity contribution in [2.24, 2.45) is 10.9 Å². The number of nitrogens with zero attached hydrogens (tertiary/aromatic N) is 6. The monoisotopic (exact) mass is 527 g/mol. The molecule has 1 saturated heterocycles. The molecule has 0 aliphatic carbocycles. The highest BCUT2D eigenvalue weighted by Crippen LogP contribution is 2.21. The fourth-order valence-electron chi connectivity index (χ4n) is 4.19. The smallest absolute Gasteiger partial charge is 0.194 e. The molecular weight excluding hydrogens is 496 g/mol. The Hall–Kier alpha value is -1.91. The van der Waals surface area contributed by atoms with E-state index in [9.17, 15) is 4.39 Å². The molecule has 1 atom stereocenters. The summed E-state index contributed by atoms with van der Waals surface area (Å²) in [4.78, 5) is 9.36. The Morgan fingerprint density at radius 1 is 1.20 bits per heavy atom. The highest BCUT2D eigenvalue weighted by atomic mass is 127. The second-order valence-electron chi connectivity index (χ2n) is 7.80. The van der Waals surface area contributed by atoms with E-state index in [0.717, 1.165) is 76.3 Å². The summed E-state index contributed by atoms with van der Waals surface area (Å²) < 4.78 is 16.3. The Morgan fingerprint density at radius 3 is 2.70 bits per heavy atom. The Labute approximate surface area is 194 Å². The van der Waals surface area contributed by atoms with Crippen molar-refractivity contribution in [2.45, 2.75) is 33.2 Å². The lowest BCUT2D eigenvalue weighted by molar-refractivity contribution is 0.354. The van der Waals surface area contributed by atoms with Gasteiger partial charge in [-0.25, -0.2) is 4.39 Å². The summed E-state index contributed by atoms with van der Waals surface area (Å²) in [5.74, 6) is 3.41. The minimum atomic E-state index is -0.150. The van der Waals surface area contributed by atoms with Gasteiger partial charge in [-0.05, 0) is 38.3 Å².